The van der Waals surface area contributed by atoms with Gasteiger partial charge in [-0.2, -0.15) is 0 Å². The Balaban J connectivity index is 1.49. The van der Waals surface area contributed by atoms with Gasteiger partial charge < -0.3 is 20.3 Å². The molecule has 3 N–H and O–H groups in total. The first-order valence-electron chi connectivity index (χ1n) is 12.0. The van der Waals surface area contributed by atoms with Crippen molar-refractivity contribution in [2.45, 2.75) is 51.7 Å². The number of fused-ring (bicyclic) bond motifs is 1. The van der Waals surface area contributed by atoms with Crippen molar-refractivity contribution in [3.63, 3.8) is 0 Å². The lowest BCUT2D eigenvalue weighted by Crippen LogP contribution is -2.47. The number of carboxylic acids is 1. The smallest absolute Gasteiger partial charge is 0.307 e. The largest absolute Gasteiger partial charge is 0.481 e. The minimum absolute atomic E-state index is 0.0371. The molecule has 0 aliphatic heterocycles. The SMILES string of the molecule is CC(=O)c1cn(CC(=O)N[C@@H](CC2CC2)C(=O)NCc2cccc(Cl)c2F)c2cc(CC(=O)O)ccc12. The minimum Gasteiger partial charge on any atom is -0.481 e. The van der Waals surface area contributed by atoms with Crippen LogP contribution < -0.4 is 10.6 Å². The van der Waals surface area contributed by atoms with Crippen molar-refractivity contribution < 1.29 is 28.7 Å². The number of carboxylic acid groups (broad SMARTS) is 1. The van der Waals surface area contributed by atoms with Crippen molar-refractivity contribution in [3.8, 4) is 0 Å². The van der Waals surface area contributed by atoms with Crippen LogP contribution in [0.4, 0.5) is 4.39 Å². The van der Waals surface area contributed by atoms with E-state index in [-0.39, 0.29) is 35.9 Å². The number of nitrogens with zero attached hydrogens (tertiary/aromatic N) is 1. The number of aliphatic carboxylic acids is 1. The molecule has 1 heterocycles. The van der Waals surface area contributed by atoms with Crippen LogP contribution in [0.5, 0.6) is 0 Å². The second kappa shape index (κ2) is 11.1. The van der Waals surface area contributed by atoms with Crippen LogP contribution >= 0.6 is 11.6 Å². The molecule has 37 heavy (non-hydrogen) atoms. The molecule has 0 radical (unpaired) electrons. The van der Waals surface area contributed by atoms with E-state index in [1.807, 2.05) is 0 Å². The Morgan fingerprint density at radius 3 is 2.62 bits per heavy atom. The van der Waals surface area contributed by atoms with Crippen LogP contribution in [0, 0.1) is 11.7 Å². The van der Waals surface area contributed by atoms with E-state index in [9.17, 15) is 23.6 Å². The van der Waals surface area contributed by atoms with Gasteiger partial charge in [0.05, 0.1) is 11.4 Å². The minimum atomic E-state index is -0.992. The third kappa shape index (κ3) is 6.54. The van der Waals surface area contributed by atoms with E-state index in [0.717, 1.165) is 12.8 Å². The fourth-order valence-electron chi connectivity index (χ4n) is 4.34. The van der Waals surface area contributed by atoms with Gasteiger partial charge in [-0.25, -0.2) is 4.39 Å². The van der Waals surface area contributed by atoms with Crippen molar-refractivity contribution in [1.82, 2.24) is 15.2 Å². The fraction of sp³-hybridized carbons (Fsp3) is 0.333. The molecule has 1 fully saturated rings. The number of rotatable bonds is 11. The van der Waals surface area contributed by atoms with Crippen molar-refractivity contribution in [1.29, 1.82) is 0 Å². The summed E-state index contributed by atoms with van der Waals surface area (Å²) < 4.78 is 15.8. The van der Waals surface area contributed by atoms with E-state index < -0.39 is 29.6 Å². The van der Waals surface area contributed by atoms with Crippen LogP contribution in [-0.4, -0.2) is 39.3 Å². The Hall–Kier alpha value is -3.72. The van der Waals surface area contributed by atoms with Gasteiger partial charge in [0.1, 0.15) is 18.4 Å². The molecule has 3 aromatic rings. The molecule has 0 saturated heterocycles. The summed E-state index contributed by atoms with van der Waals surface area (Å²) in [6.45, 7) is 1.18. The number of Topliss-reactive ketones (excluding diaryl/α,β-unsaturated/α-hetero) is 1. The summed E-state index contributed by atoms with van der Waals surface area (Å²) in [5, 5.41) is 15.2. The zero-order valence-electron chi connectivity index (χ0n) is 20.2. The molecule has 2 amide bonds. The molecule has 1 aromatic heterocycles. The maximum atomic E-state index is 14.2. The summed E-state index contributed by atoms with van der Waals surface area (Å²) in [5.41, 5.74) is 1.75. The number of benzene rings is 2. The number of amides is 2. The highest BCUT2D eigenvalue weighted by Gasteiger charge is 2.30. The summed E-state index contributed by atoms with van der Waals surface area (Å²) >= 11 is 5.81. The lowest BCUT2D eigenvalue weighted by atomic mass is 10.1. The second-order valence-corrected chi connectivity index (χ2v) is 9.79. The Labute approximate surface area is 217 Å². The van der Waals surface area contributed by atoms with E-state index in [2.05, 4.69) is 10.6 Å². The van der Waals surface area contributed by atoms with Gasteiger partial charge in [0.25, 0.3) is 0 Å². The number of aromatic nitrogens is 1. The number of carbonyl (C=O) groups excluding carboxylic acids is 3. The molecular formula is C27H27ClFN3O5. The summed E-state index contributed by atoms with van der Waals surface area (Å²) in [7, 11) is 0. The van der Waals surface area contributed by atoms with Gasteiger partial charge in [0.15, 0.2) is 5.78 Å². The highest BCUT2D eigenvalue weighted by molar-refractivity contribution is 6.30. The molecule has 0 unspecified atom stereocenters. The van der Waals surface area contributed by atoms with Crippen molar-refractivity contribution in [2.24, 2.45) is 5.92 Å². The lowest BCUT2D eigenvalue weighted by Gasteiger charge is -2.19. The molecule has 0 spiro atoms. The summed E-state index contributed by atoms with van der Waals surface area (Å²) in [6.07, 6.45) is 3.77. The quantitative estimate of drug-likeness (QED) is 0.327. The Kier molecular flexibility index (Phi) is 7.92. The molecule has 8 nitrogen and oxygen atoms in total. The van der Waals surface area contributed by atoms with Gasteiger partial charge in [-0.1, -0.05) is 48.7 Å². The first-order chi connectivity index (χ1) is 17.6. The van der Waals surface area contributed by atoms with E-state index in [0.29, 0.717) is 34.4 Å². The summed E-state index contributed by atoms with van der Waals surface area (Å²) in [5.74, 6) is -2.32. The van der Waals surface area contributed by atoms with Gasteiger partial charge in [0, 0.05) is 34.8 Å². The molecule has 1 aliphatic rings. The van der Waals surface area contributed by atoms with Crippen molar-refractivity contribution in [2.75, 3.05) is 0 Å². The van der Waals surface area contributed by atoms with Gasteiger partial charge in [-0.05, 0) is 37.0 Å². The number of hydrogen-bond donors (Lipinski definition) is 3. The van der Waals surface area contributed by atoms with Crippen LogP contribution in [0.2, 0.25) is 5.02 Å². The molecule has 1 atom stereocenters. The first kappa shape index (κ1) is 26.3. The van der Waals surface area contributed by atoms with Crippen LogP contribution in [0.1, 0.15) is 47.7 Å². The number of carbonyl (C=O) groups is 4. The molecule has 4 rings (SSSR count). The molecule has 1 aliphatic carbocycles. The predicted molar refractivity (Wildman–Crippen MR) is 136 cm³/mol. The molecule has 194 valence electrons. The molecule has 0 bridgehead atoms. The van der Waals surface area contributed by atoms with Crippen LogP contribution in [0.15, 0.2) is 42.6 Å². The standard InChI is InChI=1S/C27H27ClFN3O5/c1-15(33)20-13-32(23-10-17(11-25(35)36)7-8-19(20)23)14-24(34)31-22(9-16-5-6-16)27(37)30-12-18-3-2-4-21(28)26(18)29/h2-4,7-8,10,13,16,22H,5-6,9,11-12,14H2,1H3,(H,30,37)(H,31,34)(H,35,36)/t22-/m0/s1. The van der Waals surface area contributed by atoms with Crippen LogP contribution in [0.3, 0.4) is 0 Å². The van der Waals surface area contributed by atoms with E-state index in [1.165, 1.54) is 19.1 Å². The third-order valence-electron chi connectivity index (χ3n) is 6.40. The lowest BCUT2D eigenvalue weighted by molar-refractivity contribution is -0.136. The maximum Gasteiger partial charge on any atom is 0.307 e. The van der Waals surface area contributed by atoms with Crippen LogP contribution in [0.25, 0.3) is 10.9 Å². The monoisotopic (exact) mass is 527 g/mol. The molecule has 10 heteroatoms. The number of hydrogen-bond acceptors (Lipinski definition) is 4. The average molecular weight is 528 g/mol. The molecule has 2 aromatic carbocycles. The van der Waals surface area contributed by atoms with E-state index in [4.69, 9.17) is 16.7 Å². The van der Waals surface area contributed by atoms with Gasteiger partial charge in [0.2, 0.25) is 11.8 Å². The Morgan fingerprint density at radius 2 is 1.95 bits per heavy atom. The molecule has 1 saturated carbocycles. The maximum absolute atomic E-state index is 14.2. The summed E-state index contributed by atoms with van der Waals surface area (Å²) in [6, 6.07) is 8.71. The number of nitrogens with one attached hydrogen (secondary N) is 2. The van der Waals surface area contributed by atoms with Gasteiger partial charge in [-0.15, -0.1) is 0 Å². The predicted octanol–water partition coefficient (Wildman–Crippen LogP) is 3.86. The number of ketones is 1. The van der Waals surface area contributed by atoms with Gasteiger partial charge >= 0.3 is 5.97 Å². The Morgan fingerprint density at radius 1 is 1.19 bits per heavy atom. The summed E-state index contributed by atoms with van der Waals surface area (Å²) in [4.78, 5) is 49.3. The first-order valence-corrected chi connectivity index (χ1v) is 12.3. The normalized spacial score (nSPS) is 13.8. The van der Waals surface area contributed by atoms with Gasteiger partial charge in [-0.3, -0.25) is 19.2 Å². The zero-order valence-corrected chi connectivity index (χ0v) is 21.0. The van der Waals surface area contributed by atoms with Crippen molar-refractivity contribution >= 4 is 46.1 Å². The molecular weight excluding hydrogens is 501 g/mol. The fourth-order valence-corrected chi connectivity index (χ4v) is 4.53. The van der Waals surface area contributed by atoms with Crippen LogP contribution in [-0.2, 0) is 33.9 Å². The van der Waals surface area contributed by atoms with E-state index in [1.54, 1.807) is 35.0 Å². The zero-order chi connectivity index (χ0) is 26.7. The van der Waals surface area contributed by atoms with Crippen molar-refractivity contribution in [3.05, 3.63) is 70.1 Å². The third-order valence-corrected chi connectivity index (χ3v) is 6.69. The topological polar surface area (TPSA) is 118 Å². The second-order valence-electron chi connectivity index (χ2n) is 9.38. The highest BCUT2D eigenvalue weighted by Crippen LogP contribution is 2.33. The Bertz CT molecular complexity index is 1380. The highest BCUT2D eigenvalue weighted by atomic mass is 35.5. The number of halogens is 2. The van der Waals surface area contributed by atoms with E-state index >= 15 is 0 Å². The average Bonchev–Trinajstić information content (AvgIpc) is 3.59.